The van der Waals surface area contributed by atoms with Crippen molar-refractivity contribution >= 4 is 16.7 Å². The zero-order valence-electron chi connectivity index (χ0n) is 18.2. The number of hydrogen-bond acceptors (Lipinski definition) is 2. The van der Waals surface area contributed by atoms with Crippen molar-refractivity contribution in [2.75, 3.05) is 20.1 Å². The number of hydrogen-bond donors (Lipinski definition) is 1. The monoisotopic (exact) mass is 426 g/mol. The maximum atomic E-state index is 13.5. The van der Waals surface area contributed by atoms with Gasteiger partial charge in [0.1, 0.15) is 5.82 Å². The molecule has 0 radical (unpaired) electrons. The Morgan fingerprint density at radius 3 is 2.25 bits per heavy atom. The van der Waals surface area contributed by atoms with Crippen LogP contribution in [-0.2, 0) is 11.2 Å². The molecule has 0 fully saturated rings. The molecule has 0 spiro atoms. The highest BCUT2D eigenvalue weighted by Gasteiger charge is 2.21. The van der Waals surface area contributed by atoms with Crippen LogP contribution in [0.2, 0.25) is 0 Å². The molecule has 0 bridgehead atoms. The molecule has 0 heterocycles. The zero-order valence-corrected chi connectivity index (χ0v) is 18.2. The molecule has 32 heavy (non-hydrogen) atoms. The molecule has 4 aromatic rings. The van der Waals surface area contributed by atoms with Gasteiger partial charge in [0.05, 0.1) is 12.6 Å². The van der Waals surface area contributed by atoms with E-state index in [1.165, 1.54) is 28.5 Å². The van der Waals surface area contributed by atoms with E-state index in [1.807, 2.05) is 54.4 Å². The van der Waals surface area contributed by atoms with Gasteiger partial charge in [-0.05, 0) is 53.1 Å². The van der Waals surface area contributed by atoms with Crippen molar-refractivity contribution in [2.45, 2.75) is 12.5 Å². The summed E-state index contributed by atoms with van der Waals surface area (Å²) in [6.45, 7) is 0.826. The van der Waals surface area contributed by atoms with Crippen molar-refractivity contribution in [3.05, 3.63) is 120 Å². The normalized spacial score (nSPS) is 12.1. The first-order valence-corrected chi connectivity index (χ1v) is 10.9. The Balaban J connectivity index is 1.38. The Morgan fingerprint density at radius 2 is 1.50 bits per heavy atom. The lowest BCUT2D eigenvalue weighted by Crippen LogP contribution is -2.38. The third-order valence-corrected chi connectivity index (χ3v) is 5.68. The van der Waals surface area contributed by atoms with Crippen molar-refractivity contribution in [1.29, 1.82) is 0 Å². The van der Waals surface area contributed by atoms with E-state index in [9.17, 15) is 9.18 Å². The number of fused-ring (bicyclic) bond motifs is 1. The van der Waals surface area contributed by atoms with Crippen LogP contribution in [-0.4, -0.2) is 30.9 Å². The van der Waals surface area contributed by atoms with Gasteiger partial charge in [-0.1, -0.05) is 84.9 Å². The van der Waals surface area contributed by atoms with Crippen LogP contribution >= 0.6 is 0 Å². The highest BCUT2D eigenvalue weighted by atomic mass is 19.1. The maximum absolute atomic E-state index is 13.5. The minimum Gasteiger partial charge on any atom is -0.355 e. The molecule has 4 aromatic carbocycles. The molecule has 0 aromatic heterocycles. The number of rotatable bonds is 8. The van der Waals surface area contributed by atoms with Crippen LogP contribution in [0.1, 0.15) is 22.7 Å². The summed E-state index contributed by atoms with van der Waals surface area (Å²) >= 11 is 0. The second-order valence-corrected chi connectivity index (χ2v) is 8.06. The molecule has 4 rings (SSSR count). The number of likely N-dealkylation sites (N-methyl/N-ethyl adjacent to an activating group) is 1. The Kier molecular flexibility index (Phi) is 6.93. The summed E-state index contributed by atoms with van der Waals surface area (Å²) in [4.78, 5) is 14.7. The molecule has 3 nitrogen and oxygen atoms in total. The molecule has 0 aliphatic rings. The minimum absolute atomic E-state index is 0.0312. The van der Waals surface area contributed by atoms with Gasteiger partial charge in [0.2, 0.25) is 5.91 Å². The van der Waals surface area contributed by atoms with Gasteiger partial charge in [-0.2, -0.15) is 0 Å². The first-order chi connectivity index (χ1) is 15.6. The van der Waals surface area contributed by atoms with Crippen molar-refractivity contribution in [2.24, 2.45) is 0 Å². The van der Waals surface area contributed by atoms with Gasteiger partial charge in [-0.25, -0.2) is 4.39 Å². The van der Waals surface area contributed by atoms with E-state index >= 15 is 0 Å². The van der Waals surface area contributed by atoms with Gasteiger partial charge in [0.25, 0.3) is 0 Å². The molecule has 0 aliphatic heterocycles. The summed E-state index contributed by atoms with van der Waals surface area (Å²) in [5.74, 6) is -0.300. The predicted octanol–water partition coefficient (Wildman–Crippen LogP) is 5.36. The van der Waals surface area contributed by atoms with E-state index in [-0.39, 0.29) is 24.3 Å². The summed E-state index contributed by atoms with van der Waals surface area (Å²) in [5, 5.41) is 5.46. The van der Waals surface area contributed by atoms with Crippen molar-refractivity contribution in [1.82, 2.24) is 10.2 Å². The Labute approximate surface area is 188 Å². The average molecular weight is 427 g/mol. The molecular weight excluding hydrogens is 399 g/mol. The fourth-order valence-electron chi connectivity index (χ4n) is 4.10. The second kappa shape index (κ2) is 10.2. The number of halogens is 1. The molecule has 4 heteroatoms. The fourth-order valence-corrected chi connectivity index (χ4v) is 4.10. The van der Waals surface area contributed by atoms with Gasteiger partial charge in [0, 0.05) is 6.54 Å². The molecule has 1 N–H and O–H groups in total. The topological polar surface area (TPSA) is 32.3 Å². The van der Waals surface area contributed by atoms with Crippen LogP contribution < -0.4 is 5.32 Å². The van der Waals surface area contributed by atoms with Crippen LogP contribution in [0, 0.1) is 5.82 Å². The Bertz CT molecular complexity index is 1170. The van der Waals surface area contributed by atoms with Gasteiger partial charge in [-0.3, -0.25) is 9.69 Å². The average Bonchev–Trinajstić information content (AvgIpc) is 2.81. The fraction of sp³-hybridized carbons (Fsp3) is 0.179. The van der Waals surface area contributed by atoms with Gasteiger partial charge in [0.15, 0.2) is 0 Å². The lowest BCUT2D eigenvalue weighted by atomic mass is 9.97. The third kappa shape index (κ3) is 5.40. The zero-order chi connectivity index (χ0) is 22.3. The summed E-state index contributed by atoms with van der Waals surface area (Å²) in [7, 11) is 1.92. The molecule has 0 aliphatic carbocycles. The number of carbonyl (C=O) groups excluding carboxylic acids is 1. The smallest absolute Gasteiger partial charge is 0.234 e. The van der Waals surface area contributed by atoms with Crippen LogP contribution in [0.3, 0.4) is 0 Å². The quantitative estimate of drug-likeness (QED) is 0.411. The Hall–Kier alpha value is -3.50. The van der Waals surface area contributed by atoms with E-state index in [1.54, 1.807) is 12.1 Å². The Morgan fingerprint density at radius 1 is 0.844 bits per heavy atom. The van der Waals surface area contributed by atoms with Crippen LogP contribution in [0.25, 0.3) is 10.8 Å². The summed E-state index contributed by atoms with van der Waals surface area (Å²) in [6, 6.07) is 31.0. The molecule has 1 amide bonds. The number of benzene rings is 4. The van der Waals surface area contributed by atoms with Crippen LogP contribution in [0.4, 0.5) is 4.39 Å². The molecule has 0 saturated heterocycles. The van der Waals surface area contributed by atoms with Crippen molar-refractivity contribution in [3.63, 3.8) is 0 Å². The summed E-state index contributed by atoms with van der Waals surface area (Å²) in [6.07, 6.45) is 0.778. The van der Waals surface area contributed by atoms with Gasteiger partial charge in [-0.15, -0.1) is 0 Å². The molecule has 1 atom stereocenters. The lowest BCUT2D eigenvalue weighted by Gasteiger charge is -2.28. The minimum atomic E-state index is -0.269. The standard InChI is InChI=1S/C28H27FN2O/c1-31(28(23-8-3-2-4-9-23)24-13-15-26(29)16-14-24)20-27(32)30-18-17-21-11-12-22-7-5-6-10-25(22)19-21/h2-16,19,28H,17-18,20H2,1H3,(H,30,32). The molecule has 0 saturated carbocycles. The summed E-state index contributed by atoms with van der Waals surface area (Å²) in [5.41, 5.74) is 3.21. The molecular formula is C28H27FN2O. The van der Waals surface area contributed by atoms with Gasteiger partial charge >= 0.3 is 0 Å². The number of carbonyl (C=O) groups is 1. The first kappa shape index (κ1) is 21.7. The second-order valence-electron chi connectivity index (χ2n) is 8.06. The highest BCUT2D eigenvalue weighted by molar-refractivity contribution is 5.83. The largest absolute Gasteiger partial charge is 0.355 e. The lowest BCUT2D eigenvalue weighted by molar-refractivity contribution is -0.122. The van der Waals surface area contributed by atoms with Crippen LogP contribution in [0.15, 0.2) is 97.1 Å². The maximum Gasteiger partial charge on any atom is 0.234 e. The first-order valence-electron chi connectivity index (χ1n) is 10.9. The van der Waals surface area contributed by atoms with Crippen LogP contribution in [0.5, 0.6) is 0 Å². The number of amides is 1. The van der Waals surface area contributed by atoms with Crippen molar-refractivity contribution in [3.8, 4) is 0 Å². The highest BCUT2D eigenvalue weighted by Crippen LogP contribution is 2.27. The third-order valence-electron chi connectivity index (χ3n) is 5.68. The predicted molar refractivity (Wildman–Crippen MR) is 128 cm³/mol. The van der Waals surface area contributed by atoms with E-state index in [0.717, 1.165) is 17.5 Å². The SMILES string of the molecule is CN(CC(=O)NCCc1ccc2ccccc2c1)C(c1ccccc1)c1ccc(F)cc1. The number of nitrogens with one attached hydrogen (secondary N) is 1. The molecule has 162 valence electrons. The summed E-state index contributed by atoms with van der Waals surface area (Å²) < 4.78 is 13.5. The number of nitrogens with zero attached hydrogens (tertiary/aromatic N) is 1. The van der Waals surface area contributed by atoms with E-state index in [0.29, 0.717) is 6.54 Å². The van der Waals surface area contributed by atoms with Crippen molar-refractivity contribution < 1.29 is 9.18 Å². The van der Waals surface area contributed by atoms with E-state index in [4.69, 9.17) is 0 Å². The molecule has 1 unspecified atom stereocenters. The van der Waals surface area contributed by atoms with E-state index < -0.39 is 0 Å². The van der Waals surface area contributed by atoms with Gasteiger partial charge < -0.3 is 5.32 Å². The van der Waals surface area contributed by atoms with E-state index in [2.05, 4.69) is 35.6 Å².